The molecule has 1 N–H and O–H groups in total. The van der Waals surface area contributed by atoms with Crippen molar-refractivity contribution in [3.63, 3.8) is 0 Å². The molecule has 2 aromatic heterocycles. The molecule has 196 valence electrons. The molecule has 4 aromatic rings. The molecule has 0 unspecified atom stereocenters. The van der Waals surface area contributed by atoms with Gasteiger partial charge in [-0.3, -0.25) is 9.69 Å². The fourth-order valence-electron chi connectivity index (χ4n) is 4.69. The Morgan fingerprint density at radius 2 is 1.76 bits per heavy atom. The summed E-state index contributed by atoms with van der Waals surface area (Å²) in [7, 11) is 1.67. The predicted octanol–water partition coefficient (Wildman–Crippen LogP) is 5.44. The van der Waals surface area contributed by atoms with E-state index in [9.17, 15) is 4.79 Å². The summed E-state index contributed by atoms with van der Waals surface area (Å²) >= 11 is 0. The topological polar surface area (TPSA) is 88.9 Å². The normalized spacial score (nSPS) is 12.9. The summed E-state index contributed by atoms with van der Waals surface area (Å²) in [6.07, 6.45) is 1.68. The van der Waals surface area contributed by atoms with Crippen LogP contribution < -0.4 is 10.3 Å². The molecular formula is C29H38N6O2. The maximum absolute atomic E-state index is 13.2. The molecule has 0 saturated heterocycles. The number of nitrogens with one attached hydrogen (secondary N) is 1. The van der Waals surface area contributed by atoms with E-state index in [0.29, 0.717) is 13.1 Å². The first kappa shape index (κ1) is 26.5. The molecule has 0 amide bonds. The number of hydrogen-bond donors (Lipinski definition) is 1. The predicted molar refractivity (Wildman–Crippen MR) is 147 cm³/mol. The maximum atomic E-state index is 13.2. The second-order valence-electron chi connectivity index (χ2n) is 10.4. The molecule has 8 heteroatoms. The van der Waals surface area contributed by atoms with Gasteiger partial charge < -0.3 is 9.72 Å². The fraction of sp³-hybridized carbons (Fsp3) is 0.448. The van der Waals surface area contributed by atoms with Gasteiger partial charge >= 0.3 is 0 Å². The van der Waals surface area contributed by atoms with Crippen molar-refractivity contribution in [1.29, 1.82) is 0 Å². The third kappa shape index (κ3) is 5.59. The lowest BCUT2D eigenvalue weighted by Crippen LogP contribution is -2.36. The summed E-state index contributed by atoms with van der Waals surface area (Å²) in [4.78, 5) is 18.6. The monoisotopic (exact) mass is 502 g/mol. The van der Waals surface area contributed by atoms with Crippen molar-refractivity contribution in [2.45, 2.75) is 79.1 Å². The van der Waals surface area contributed by atoms with Crippen LogP contribution >= 0.6 is 0 Å². The van der Waals surface area contributed by atoms with Crippen LogP contribution in [-0.4, -0.2) is 37.2 Å². The van der Waals surface area contributed by atoms with E-state index >= 15 is 0 Å². The van der Waals surface area contributed by atoms with Gasteiger partial charge in [0.1, 0.15) is 5.75 Å². The molecule has 0 aliphatic rings. The number of hydrogen-bond acceptors (Lipinski definition) is 6. The third-order valence-electron chi connectivity index (χ3n) is 7.51. The average molecular weight is 503 g/mol. The second kappa shape index (κ2) is 10.8. The molecule has 0 bridgehead atoms. The zero-order chi connectivity index (χ0) is 26.7. The molecule has 4 rings (SSSR count). The molecule has 2 aromatic carbocycles. The number of fused-ring (bicyclic) bond motifs is 1. The van der Waals surface area contributed by atoms with Crippen LogP contribution in [0.15, 0.2) is 47.3 Å². The van der Waals surface area contributed by atoms with Crippen molar-refractivity contribution in [1.82, 2.24) is 30.1 Å². The Labute approximate surface area is 218 Å². The van der Waals surface area contributed by atoms with Crippen LogP contribution in [0.1, 0.15) is 74.7 Å². The van der Waals surface area contributed by atoms with Gasteiger partial charge in [-0.15, -0.1) is 5.10 Å². The minimum atomic E-state index is -0.228. The number of H-pyrrole nitrogens is 1. The number of nitrogens with zero attached hydrogens (tertiary/aromatic N) is 5. The Bertz CT molecular complexity index is 1420. The molecule has 0 fully saturated rings. The number of methoxy groups -OCH3 is 1. The minimum absolute atomic E-state index is 0.0705. The Morgan fingerprint density at radius 3 is 2.41 bits per heavy atom. The number of ether oxygens (including phenoxy) is 1. The number of rotatable bonds is 10. The summed E-state index contributed by atoms with van der Waals surface area (Å²) in [5, 5.41) is 13.9. The van der Waals surface area contributed by atoms with Crippen LogP contribution in [-0.2, 0) is 18.6 Å². The van der Waals surface area contributed by atoms with Gasteiger partial charge in [0.2, 0.25) is 0 Å². The number of tetrazole rings is 1. The Hall–Kier alpha value is -3.52. The molecular weight excluding hydrogens is 464 g/mol. The maximum Gasteiger partial charge on any atom is 0.252 e. The van der Waals surface area contributed by atoms with Crippen molar-refractivity contribution in [3.05, 3.63) is 80.9 Å². The van der Waals surface area contributed by atoms with Crippen LogP contribution in [0, 0.1) is 13.8 Å². The zero-order valence-electron chi connectivity index (χ0n) is 23.0. The highest BCUT2D eigenvalue weighted by Crippen LogP contribution is 2.30. The Kier molecular flexibility index (Phi) is 7.78. The number of pyridine rings is 1. The molecule has 0 aliphatic heterocycles. The standard InChI is InChI=1S/C29H38N6O2/c1-8-26(27-31-32-33-35(27)29(5,6)9-2)34(17-21-10-12-24(37-7)13-11-21)18-23-16-22-14-19(3)20(4)15-25(22)30-28(23)36/h10-16,26H,8-9,17-18H2,1-7H3,(H,30,36)/t26-/m1/s1. The Balaban J connectivity index is 1.78. The highest BCUT2D eigenvalue weighted by atomic mass is 16.5. The first-order valence-corrected chi connectivity index (χ1v) is 13.0. The van der Waals surface area contributed by atoms with E-state index in [1.807, 2.05) is 28.9 Å². The summed E-state index contributed by atoms with van der Waals surface area (Å²) in [6.45, 7) is 13.8. The van der Waals surface area contributed by atoms with E-state index in [1.165, 1.54) is 5.56 Å². The van der Waals surface area contributed by atoms with Gasteiger partial charge in [-0.05, 0) is 103 Å². The molecule has 0 spiro atoms. The van der Waals surface area contributed by atoms with Gasteiger partial charge in [0.25, 0.3) is 5.56 Å². The van der Waals surface area contributed by atoms with E-state index in [4.69, 9.17) is 4.74 Å². The summed E-state index contributed by atoms with van der Waals surface area (Å²) in [6, 6.07) is 14.2. The van der Waals surface area contributed by atoms with E-state index in [0.717, 1.165) is 52.0 Å². The van der Waals surface area contributed by atoms with E-state index in [-0.39, 0.29) is 17.1 Å². The minimum Gasteiger partial charge on any atom is -0.497 e. The average Bonchev–Trinajstić information content (AvgIpc) is 3.37. The fourth-order valence-corrected chi connectivity index (χ4v) is 4.69. The number of aromatic nitrogens is 5. The van der Waals surface area contributed by atoms with E-state index < -0.39 is 0 Å². The highest BCUT2D eigenvalue weighted by Gasteiger charge is 2.31. The summed E-state index contributed by atoms with van der Waals surface area (Å²) in [5.74, 6) is 1.62. The van der Waals surface area contributed by atoms with Gasteiger partial charge in [0, 0.05) is 24.2 Å². The van der Waals surface area contributed by atoms with E-state index in [1.54, 1.807) is 7.11 Å². The lowest BCUT2D eigenvalue weighted by molar-refractivity contribution is 0.150. The van der Waals surface area contributed by atoms with Crippen LogP contribution in [0.5, 0.6) is 5.75 Å². The SMILES string of the molecule is CC[C@H](c1nnnn1C(C)(C)CC)N(Cc1ccc(OC)cc1)Cc1cc2cc(C)c(C)cc2[nH]c1=O. The smallest absolute Gasteiger partial charge is 0.252 e. The first-order chi connectivity index (χ1) is 17.7. The van der Waals surface area contributed by atoms with Gasteiger partial charge in [-0.2, -0.15) is 0 Å². The molecule has 0 saturated carbocycles. The van der Waals surface area contributed by atoms with Gasteiger partial charge in [-0.1, -0.05) is 26.0 Å². The quantitative estimate of drug-likeness (QED) is 0.311. The van der Waals surface area contributed by atoms with Crippen LogP contribution in [0.3, 0.4) is 0 Å². The van der Waals surface area contributed by atoms with Crippen LogP contribution in [0.4, 0.5) is 0 Å². The molecule has 37 heavy (non-hydrogen) atoms. The largest absolute Gasteiger partial charge is 0.497 e. The first-order valence-electron chi connectivity index (χ1n) is 13.0. The van der Waals surface area contributed by atoms with Crippen molar-refractivity contribution in [2.24, 2.45) is 0 Å². The van der Waals surface area contributed by atoms with Gasteiger partial charge in [0.05, 0.1) is 18.7 Å². The molecule has 1 atom stereocenters. The molecule has 2 heterocycles. The molecule has 0 aliphatic carbocycles. The summed E-state index contributed by atoms with van der Waals surface area (Å²) < 4.78 is 7.29. The van der Waals surface area contributed by atoms with Crippen LogP contribution in [0.25, 0.3) is 10.9 Å². The molecule has 0 radical (unpaired) electrons. The van der Waals surface area contributed by atoms with Crippen molar-refractivity contribution in [3.8, 4) is 5.75 Å². The van der Waals surface area contributed by atoms with Gasteiger partial charge in [-0.25, -0.2) is 4.68 Å². The lowest BCUT2D eigenvalue weighted by atomic mass is 10.0. The van der Waals surface area contributed by atoms with Crippen molar-refractivity contribution < 1.29 is 4.74 Å². The highest BCUT2D eigenvalue weighted by molar-refractivity contribution is 5.80. The second-order valence-corrected chi connectivity index (χ2v) is 10.4. The lowest BCUT2D eigenvalue weighted by Gasteiger charge is -2.33. The van der Waals surface area contributed by atoms with Gasteiger partial charge in [0.15, 0.2) is 5.82 Å². The summed E-state index contributed by atoms with van der Waals surface area (Å²) in [5.41, 5.74) is 4.76. The number of aromatic amines is 1. The number of aryl methyl sites for hydroxylation is 2. The Morgan fingerprint density at radius 1 is 1.05 bits per heavy atom. The third-order valence-corrected chi connectivity index (χ3v) is 7.51. The van der Waals surface area contributed by atoms with Crippen molar-refractivity contribution in [2.75, 3.05) is 7.11 Å². The van der Waals surface area contributed by atoms with Crippen molar-refractivity contribution >= 4 is 10.9 Å². The number of benzene rings is 2. The van der Waals surface area contributed by atoms with Crippen LogP contribution in [0.2, 0.25) is 0 Å². The van der Waals surface area contributed by atoms with E-state index in [2.05, 4.69) is 85.2 Å². The zero-order valence-corrected chi connectivity index (χ0v) is 23.0. The molecule has 8 nitrogen and oxygen atoms in total.